The summed E-state index contributed by atoms with van der Waals surface area (Å²) in [6.45, 7) is 2.89. The largest absolute Gasteiger partial charge is 0.329 e. The van der Waals surface area contributed by atoms with Gasteiger partial charge in [-0.05, 0) is 54.3 Å². The Bertz CT molecular complexity index is 815. The van der Waals surface area contributed by atoms with Crippen molar-refractivity contribution >= 4 is 21.4 Å². The lowest BCUT2D eigenvalue weighted by Crippen LogP contribution is -2.37. The van der Waals surface area contributed by atoms with E-state index in [1.165, 1.54) is 11.3 Å². The lowest BCUT2D eigenvalue weighted by Gasteiger charge is -2.30. The topological polar surface area (TPSA) is 70.2 Å². The van der Waals surface area contributed by atoms with Gasteiger partial charge < -0.3 is 4.98 Å². The van der Waals surface area contributed by atoms with Crippen molar-refractivity contribution in [2.45, 2.75) is 29.9 Å². The van der Waals surface area contributed by atoms with Crippen LogP contribution in [0, 0.1) is 6.92 Å². The Labute approximate surface area is 133 Å². The van der Waals surface area contributed by atoms with Crippen LogP contribution in [0.5, 0.6) is 0 Å². The summed E-state index contributed by atoms with van der Waals surface area (Å²) in [5, 5.41) is 1.86. The summed E-state index contributed by atoms with van der Waals surface area (Å²) in [6.07, 6.45) is 3.13. The Kier molecular flexibility index (Phi) is 4.20. The minimum absolute atomic E-state index is 0.110. The van der Waals surface area contributed by atoms with Gasteiger partial charge in [-0.25, -0.2) is 8.42 Å². The first kappa shape index (κ1) is 15.5. The first-order valence-electron chi connectivity index (χ1n) is 7.21. The summed E-state index contributed by atoms with van der Waals surface area (Å²) in [7, 11) is -3.37. The zero-order valence-electron chi connectivity index (χ0n) is 12.3. The molecule has 3 rings (SSSR count). The van der Waals surface area contributed by atoms with Crippen LogP contribution in [0.4, 0.5) is 0 Å². The number of hydrogen-bond acceptors (Lipinski definition) is 4. The van der Waals surface area contributed by atoms with Gasteiger partial charge in [0.05, 0.1) is 0 Å². The van der Waals surface area contributed by atoms with E-state index in [9.17, 15) is 13.2 Å². The highest BCUT2D eigenvalue weighted by molar-refractivity contribution is 7.91. The molecule has 1 saturated heterocycles. The molecule has 22 heavy (non-hydrogen) atoms. The maximum absolute atomic E-state index is 12.6. The Hall–Kier alpha value is -1.44. The van der Waals surface area contributed by atoms with Crippen LogP contribution < -0.4 is 5.56 Å². The number of aromatic nitrogens is 1. The second-order valence-corrected chi connectivity index (χ2v) is 8.68. The molecule has 0 unspecified atom stereocenters. The van der Waals surface area contributed by atoms with E-state index in [1.54, 1.807) is 22.6 Å². The van der Waals surface area contributed by atoms with Crippen LogP contribution in [0.15, 0.2) is 38.8 Å². The van der Waals surface area contributed by atoms with Crippen LogP contribution in [0.2, 0.25) is 0 Å². The molecule has 0 amide bonds. The van der Waals surface area contributed by atoms with E-state index < -0.39 is 10.0 Å². The molecule has 1 aliphatic heterocycles. The summed E-state index contributed by atoms with van der Waals surface area (Å²) in [6, 6.07) is 5.24. The molecule has 118 valence electrons. The smallest absolute Gasteiger partial charge is 0.252 e. The number of pyridine rings is 1. The molecule has 0 aromatic carbocycles. The van der Waals surface area contributed by atoms with Crippen molar-refractivity contribution < 1.29 is 8.42 Å². The van der Waals surface area contributed by atoms with E-state index in [-0.39, 0.29) is 11.5 Å². The Morgan fingerprint density at radius 2 is 2.00 bits per heavy atom. The zero-order valence-corrected chi connectivity index (χ0v) is 13.9. The van der Waals surface area contributed by atoms with E-state index in [0.717, 1.165) is 24.0 Å². The number of piperidine rings is 1. The number of H-pyrrole nitrogens is 1. The number of hydrogen-bond donors (Lipinski definition) is 1. The molecular weight excluding hydrogens is 320 g/mol. The maximum atomic E-state index is 12.6. The van der Waals surface area contributed by atoms with E-state index >= 15 is 0 Å². The monoisotopic (exact) mass is 338 g/mol. The van der Waals surface area contributed by atoms with Crippen molar-refractivity contribution in [1.29, 1.82) is 0 Å². The van der Waals surface area contributed by atoms with Gasteiger partial charge in [-0.2, -0.15) is 4.31 Å². The fourth-order valence-corrected chi connectivity index (χ4v) is 5.66. The molecule has 0 saturated carbocycles. The lowest BCUT2D eigenvalue weighted by molar-refractivity contribution is 0.320. The number of sulfonamides is 1. The van der Waals surface area contributed by atoms with Gasteiger partial charge in [0, 0.05) is 25.4 Å². The fraction of sp³-hybridized carbons (Fsp3) is 0.400. The van der Waals surface area contributed by atoms with Crippen molar-refractivity contribution in [3.63, 3.8) is 0 Å². The normalized spacial score (nSPS) is 17.7. The molecule has 2 aromatic heterocycles. The molecule has 7 heteroatoms. The van der Waals surface area contributed by atoms with E-state index in [1.807, 2.05) is 18.4 Å². The number of rotatable bonds is 3. The van der Waals surface area contributed by atoms with Crippen molar-refractivity contribution in [3.8, 4) is 0 Å². The minimum Gasteiger partial charge on any atom is -0.329 e. The highest BCUT2D eigenvalue weighted by Crippen LogP contribution is 2.31. The molecule has 1 N–H and O–H groups in total. The molecule has 0 radical (unpaired) electrons. The second-order valence-electron chi connectivity index (χ2n) is 5.61. The molecule has 3 heterocycles. The Morgan fingerprint density at radius 3 is 2.59 bits per heavy atom. The molecule has 0 bridgehead atoms. The van der Waals surface area contributed by atoms with Gasteiger partial charge in [0.1, 0.15) is 4.21 Å². The highest BCUT2D eigenvalue weighted by atomic mass is 32.2. The standard InChI is InChI=1S/C15H18N2O3S2/c1-11-8-15(21-10-11)22(19,20)17-6-3-12(4-7-17)13-2-5-16-14(18)9-13/h2,5,8-10,12H,3-4,6-7H2,1H3,(H,16,18). The van der Waals surface area contributed by atoms with Crippen LogP contribution >= 0.6 is 11.3 Å². The van der Waals surface area contributed by atoms with Gasteiger partial charge in [0.25, 0.3) is 10.0 Å². The molecule has 0 aliphatic carbocycles. The average Bonchev–Trinajstić information content (AvgIpc) is 2.95. The fourth-order valence-electron chi connectivity index (χ4n) is 2.81. The van der Waals surface area contributed by atoms with Crippen LogP contribution in [-0.2, 0) is 10.0 Å². The molecule has 5 nitrogen and oxygen atoms in total. The van der Waals surface area contributed by atoms with Gasteiger partial charge >= 0.3 is 0 Å². The van der Waals surface area contributed by atoms with Crippen LogP contribution in [0.3, 0.4) is 0 Å². The molecule has 2 aromatic rings. The third-order valence-electron chi connectivity index (χ3n) is 4.03. The second kappa shape index (κ2) is 5.98. The van der Waals surface area contributed by atoms with Crippen molar-refractivity contribution in [2.24, 2.45) is 0 Å². The van der Waals surface area contributed by atoms with Gasteiger partial charge in [0.2, 0.25) is 5.56 Å². The number of nitrogens with one attached hydrogen (secondary N) is 1. The third kappa shape index (κ3) is 3.02. The molecule has 1 fully saturated rings. The maximum Gasteiger partial charge on any atom is 0.252 e. The minimum atomic E-state index is -3.37. The van der Waals surface area contributed by atoms with Crippen LogP contribution in [-0.4, -0.2) is 30.8 Å². The SMILES string of the molecule is Cc1csc(S(=O)(=O)N2CCC(c3cc[nH]c(=O)c3)CC2)c1. The van der Waals surface area contributed by atoms with Gasteiger partial charge in [-0.3, -0.25) is 4.79 Å². The molecule has 0 atom stereocenters. The molecular formula is C15H18N2O3S2. The summed E-state index contributed by atoms with van der Waals surface area (Å²) in [4.78, 5) is 14.0. The van der Waals surface area contributed by atoms with Gasteiger partial charge in [0.15, 0.2) is 0 Å². The molecule has 0 spiro atoms. The summed E-state index contributed by atoms with van der Waals surface area (Å²) in [5.41, 5.74) is 1.86. The predicted octanol–water partition coefficient (Wildman–Crippen LogP) is 2.31. The van der Waals surface area contributed by atoms with Gasteiger partial charge in [-0.15, -0.1) is 11.3 Å². The zero-order chi connectivity index (χ0) is 15.7. The Balaban J connectivity index is 1.73. The lowest BCUT2D eigenvalue weighted by atomic mass is 9.91. The van der Waals surface area contributed by atoms with Crippen LogP contribution in [0.25, 0.3) is 0 Å². The summed E-state index contributed by atoms with van der Waals surface area (Å²) >= 11 is 1.27. The van der Waals surface area contributed by atoms with Crippen molar-refractivity contribution in [1.82, 2.24) is 9.29 Å². The Morgan fingerprint density at radius 1 is 1.27 bits per heavy atom. The number of thiophene rings is 1. The van der Waals surface area contributed by atoms with Crippen molar-refractivity contribution in [2.75, 3.05) is 13.1 Å². The number of nitrogens with zero attached hydrogens (tertiary/aromatic N) is 1. The molecule has 1 aliphatic rings. The quantitative estimate of drug-likeness (QED) is 0.933. The third-order valence-corrected chi connectivity index (χ3v) is 7.46. The highest BCUT2D eigenvalue weighted by Gasteiger charge is 2.30. The first-order chi connectivity index (χ1) is 10.5. The summed E-state index contributed by atoms with van der Waals surface area (Å²) in [5.74, 6) is 0.249. The van der Waals surface area contributed by atoms with E-state index in [0.29, 0.717) is 17.3 Å². The number of aryl methyl sites for hydroxylation is 1. The van der Waals surface area contributed by atoms with E-state index in [4.69, 9.17) is 0 Å². The van der Waals surface area contributed by atoms with Gasteiger partial charge in [-0.1, -0.05) is 0 Å². The first-order valence-corrected chi connectivity index (χ1v) is 9.53. The summed E-state index contributed by atoms with van der Waals surface area (Å²) < 4.78 is 27.1. The van der Waals surface area contributed by atoms with Crippen LogP contribution in [0.1, 0.15) is 29.9 Å². The van der Waals surface area contributed by atoms with Crippen molar-refractivity contribution in [3.05, 3.63) is 51.3 Å². The van der Waals surface area contributed by atoms with E-state index in [2.05, 4.69) is 4.98 Å². The average molecular weight is 338 g/mol. The predicted molar refractivity (Wildman–Crippen MR) is 86.9 cm³/mol. The number of aromatic amines is 1.